The molecule has 1 N–H and O–H groups in total. The molecule has 3 heterocycles. The minimum Gasteiger partial charge on any atom is -0.454 e. The molecule has 160 valence electrons. The molecule has 0 radical (unpaired) electrons. The van der Waals surface area contributed by atoms with E-state index < -0.39 is 5.41 Å². The van der Waals surface area contributed by atoms with Gasteiger partial charge in [0.1, 0.15) is 0 Å². The van der Waals surface area contributed by atoms with E-state index in [1.54, 1.807) is 12.1 Å². The molecule has 0 atom stereocenters. The quantitative estimate of drug-likeness (QED) is 0.763. The number of anilines is 1. The molecular weight excluding hydrogens is 386 g/mol. The van der Waals surface area contributed by atoms with Crippen molar-refractivity contribution in [3.05, 3.63) is 18.2 Å². The highest BCUT2D eigenvalue weighted by Crippen LogP contribution is 2.46. The van der Waals surface area contributed by atoms with Gasteiger partial charge in [-0.25, -0.2) is 0 Å². The van der Waals surface area contributed by atoms with Crippen LogP contribution < -0.4 is 14.8 Å². The van der Waals surface area contributed by atoms with Crippen molar-refractivity contribution >= 4 is 23.4 Å². The molecule has 1 aromatic rings. The van der Waals surface area contributed by atoms with Gasteiger partial charge >= 0.3 is 0 Å². The third kappa shape index (κ3) is 3.43. The number of carbonyl (C=O) groups excluding carboxylic acids is 3. The smallest absolute Gasteiger partial charge is 0.237 e. The first-order valence-electron chi connectivity index (χ1n) is 10.8. The Morgan fingerprint density at radius 1 is 1.10 bits per heavy atom. The monoisotopic (exact) mass is 413 g/mol. The van der Waals surface area contributed by atoms with Crippen LogP contribution in [0.5, 0.6) is 11.5 Å². The molecule has 0 bridgehead atoms. The maximum Gasteiger partial charge on any atom is 0.237 e. The summed E-state index contributed by atoms with van der Waals surface area (Å²) < 4.78 is 10.7. The fourth-order valence-electron chi connectivity index (χ4n) is 5.20. The predicted octanol–water partition coefficient (Wildman–Crippen LogP) is 2.34. The lowest BCUT2D eigenvalue weighted by atomic mass is 9.85. The molecule has 3 aliphatic heterocycles. The van der Waals surface area contributed by atoms with E-state index in [1.807, 2.05) is 6.07 Å². The molecule has 3 amide bonds. The van der Waals surface area contributed by atoms with Crippen molar-refractivity contribution in [1.82, 2.24) is 9.80 Å². The molecule has 0 aromatic heterocycles. The number of hydrogen-bond donors (Lipinski definition) is 1. The number of likely N-dealkylation sites (tertiary alicyclic amines) is 2. The number of fused-ring (bicyclic) bond motifs is 1. The summed E-state index contributed by atoms with van der Waals surface area (Å²) in [5.41, 5.74) is 0.279. The third-order valence-corrected chi connectivity index (χ3v) is 6.99. The number of imide groups is 1. The lowest BCUT2D eigenvalue weighted by Crippen LogP contribution is -2.46. The zero-order chi connectivity index (χ0) is 20.7. The van der Waals surface area contributed by atoms with E-state index in [9.17, 15) is 14.4 Å². The largest absolute Gasteiger partial charge is 0.454 e. The van der Waals surface area contributed by atoms with E-state index >= 15 is 0 Å². The average molecular weight is 413 g/mol. The summed E-state index contributed by atoms with van der Waals surface area (Å²) in [6.07, 6.45) is 5.55. The van der Waals surface area contributed by atoms with Gasteiger partial charge in [-0.3, -0.25) is 24.2 Å². The van der Waals surface area contributed by atoms with Gasteiger partial charge in [-0.15, -0.1) is 0 Å². The average Bonchev–Trinajstić information content (AvgIpc) is 3.45. The number of piperidine rings is 1. The molecule has 30 heavy (non-hydrogen) atoms. The van der Waals surface area contributed by atoms with Crippen molar-refractivity contribution in [3.63, 3.8) is 0 Å². The van der Waals surface area contributed by atoms with Crippen molar-refractivity contribution in [2.24, 2.45) is 11.3 Å². The lowest BCUT2D eigenvalue weighted by molar-refractivity contribution is -0.144. The zero-order valence-electron chi connectivity index (χ0n) is 17.0. The van der Waals surface area contributed by atoms with Crippen molar-refractivity contribution in [2.45, 2.75) is 44.9 Å². The van der Waals surface area contributed by atoms with Crippen LogP contribution in [0, 0.1) is 11.3 Å². The van der Waals surface area contributed by atoms with Gasteiger partial charge < -0.3 is 14.8 Å². The topological polar surface area (TPSA) is 88.2 Å². The van der Waals surface area contributed by atoms with Crippen LogP contribution in [0.1, 0.15) is 44.9 Å². The van der Waals surface area contributed by atoms with Gasteiger partial charge in [-0.05, 0) is 37.8 Å². The van der Waals surface area contributed by atoms with Gasteiger partial charge in [-0.1, -0.05) is 12.8 Å². The lowest BCUT2D eigenvalue weighted by Gasteiger charge is -2.33. The summed E-state index contributed by atoms with van der Waals surface area (Å²) in [6.45, 7) is 1.96. The number of nitrogens with zero attached hydrogens (tertiary/aromatic N) is 2. The van der Waals surface area contributed by atoms with E-state index in [0.717, 1.165) is 25.7 Å². The molecule has 8 nitrogen and oxygen atoms in total. The Hall–Kier alpha value is -2.61. The SMILES string of the molecule is O=C(Nc1ccc2c(c1)OCO2)C1CCN(CN2C(=O)CC3(CCCC3)C2=O)CC1. The second-order valence-electron chi connectivity index (χ2n) is 8.88. The standard InChI is InChI=1S/C22H27N3O5/c26-19-12-22(7-1-2-8-22)21(28)25(19)13-24-9-5-15(6-10-24)20(27)23-16-3-4-17-18(11-16)30-14-29-17/h3-4,11,15H,1-2,5-10,12-14H2,(H,23,27). The predicted molar refractivity (Wildman–Crippen MR) is 108 cm³/mol. The number of benzene rings is 1. The Morgan fingerprint density at radius 2 is 1.83 bits per heavy atom. The molecule has 1 aliphatic carbocycles. The highest BCUT2D eigenvalue weighted by atomic mass is 16.7. The van der Waals surface area contributed by atoms with E-state index in [1.165, 1.54) is 4.90 Å². The van der Waals surface area contributed by atoms with Gasteiger partial charge in [0, 0.05) is 37.2 Å². The van der Waals surface area contributed by atoms with E-state index in [2.05, 4.69) is 10.2 Å². The summed E-state index contributed by atoms with van der Waals surface area (Å²) in [7, 11) is 0. The van der Waals surface area contributed by atoms with Gasteiger partial charge in [0.2, 0.25) is 24.5 Å². The molecule has 0 unspecified atom stereocenters. The van der Waals surface area contributed by atoms with Crippen molar-refractivity contribution < 1.29 is 23.9 Å². The number of carbonyl (C=O) groups is 3. The van der Waals surface area contributed by atoms with Crippen LogP contribution in [0.3, 0.4) is 0 Å². The van der Waals surface area contributed by atoms with Crippen LogP contribution in [0.4, 0.5) is 5.69 Å². The van der Waals surface area contributed by atoms with Gasteiger partial charge in [0.15, 0.2) is 11.5 Å². The van der Waals surface area contributed by atoms with Crippen molar-refractivity contribution in [1.29, 1.82) is 0 Å². The number of ether oxygens (including phenoxy) is 2. The minimum absolute atomic E-state index is 0.00764. The number of hydrogen-bond acceptors (Lipinski definition) is 6. The molecule has 4 aliphatic rings. The first-order chi connectivity index (χ1) is 14.5. The second-order valence-corrected chi connectivity index (χ2v) is 8.88. The van der Waals surface area contributed by atoms with Crippen molar-refractivity contribution in [3.8, 4) is 11.5 Å². The molecule has 3 fully saturated rings. The molecule has 1 spiro atoms. The van der Waals surface area contributed by atoms with Gasteiger partial charge in [0.25, 0.3) is 0 Å². The zero-order valence-corrected chi connectivity index (χ0v) is 17.0. The van der Waals surface area contributed by atoms with Crippen LogP contribution in [0.15, 0.2) is 18.2 Å². The van der Waals surface area contributed by atoms with Gasteiger partial charge in [-0.2, -0.15) is 0 Å². The van der Waals surface area contributed by atoms with Crippen LogP contribution in [0.25, 0.3) is 0 Å². The molecule has 1 aromatic carbocycles. The summed E-state index contributed by atoms with van der Waals surface area (Å²) in [4.78, 5) is 41.6. The number of amides is 3. The van der Waals surface area contributed by atoms with Crippen LogP contribution in [0.2, 0.25) is 0 Å². The Labute approximate surface area is 175 Å². The normalized spacial score (nSPS) is 23.5. The highest BCUT2D eigenvalue weighted by molar-refractivity contribution is 6.06. The molecule has 1 saturated carbocycles. The van der Waals surface area contributed by atoms with Crippen molar-refractivity contribution in [2.75, 3.05) is 31.9 Å². The summed E-state index contributed by atoms with van der Waals surface area (Å²) in [6, 6.07) is 5.38. The Balaban J connectivity index is 1.13. The maximum absolute atomic E-state index is 12.9. The van der Waals surface area contributed by atoms with Crippen LogP contribution in [-0.2, 0) is 14.4 Å². The highest BCUT2D eigenvalue weighted by Gasteiger charge is 2.52. The summed E-state index contributed by atoms with van der Waals surface area (Å²) >= 11 is 0. The first-order valence-corrected chi connectivity index (χ1v) is 10.8. The van der Waals surface area contributed by atoms with E-state index in [4.69, 9.17) is 9.47 Å². The first kappa shape index (κ1) is 19.4. The van der Waals surface area contributed by atoms with Gasteiger partial charge in [0.05, 0.1) is 12.1 Å². The fourth-order valence-corrected chi connectivity index (χ4v) is 5.20. The molecule has 2 saturated heterocycles. The number of nitrogens with one attached hydrogen (secondary N) is 1. The maximum atomic E-state index is 12.9. The van der Waals surface area contributed by atoms with Crippen LogP contribution >= 0.6 is 0 Å². The fraction of sp³-hybridized carbons (Fsp3) is 0.591. The molecule has 8 heteroatoms. The summed E-state index contributed by atoms with van der Waals surface area (Å²) in [5, 5.41) is 2.96. The Morgan fingerprint density at radius 3 is 2.60 bits per heavy atom. The second kappa shape index (κ2) is 7.58. The number of rotatable bonds is 4. The molecule has 5 rings (SSSR count). The summed E-state index contributed by atoms with van der Waals surface area (Å²) in [5.74, 6) is 1.22. The van der Waals surface area contributed by atoms with E-state index in [-0.39, 0.29) is 30.4 Å². The Bertz CT molecular complexity index is 872. The third-order valence-electron chi connectivity index (χ3n) is 6.99. The molecular formula is C22H27N3O5. The van der Waals surface area contributed by atoms with E-state index in [0.29, 0.717) is 56.2 Å². The minimum atomic E-state index is -0.417. The Kier molecular flexibility index (Phi) is 4.89. The van der Waals surface area contributed by atoms with Crippen LogP contribution in [-0.4, -0.2) is 54.1 Å².